The van der Waals surface area contributed by atoms with E-state index in [0.717, 1.165) is 17.2 Å². The van der Waals surface area contributed by atoms with Crippen LogP contribution in [0, 0.1) is 0 Å². The summed E-state index contributed by atoms with van der Waals surface area (Å²) in [7, 11) is 0. The van der Waals surface area contributed by atoms with Crippen LogP contribution in [0.2, 0.25) is 0 Å². The van der Waals surface area contributed by atoms with Crippen molar-refractivity contribution in [1.29, 1.82) is 0 Å². The lowest BCUT2D eigenvalue weighted by molar-refractivity contribution is -0.142. The highest BCUT2D eigenvalue weighted by molar-refractivity contribution is 5.81. The van der Waals surface area contributed by atoms with E-state index in [9.17, 15) is 9.90 Å². The molecule has 0 unspecified atom stereocenters. The summed E-state index contributed by atoms with van der Waals surface area (Å²) in [6.45, 7) is 2.97. The summed E-state index contributed by atoms with van der Waals surface area (Å²) in [5, 5.41) is 19.1. The van der Waals surface area contributed by atoms with Gasteiger partial charge < -0.3 is 14.6 Å². The van der Waals surface area contributed by atoms with Gasteiger partial charge in [-0.2, -0.15) is 0 Å². The maximum Gasteiger partial charge on any atom is 0.252 e. The second kappa shape index (κ2) is 7.94. The van der Waals surface area contributed by atoms with E-state index in [1.54, 1.807) is 4.90 Å². The second-order valence-corrected chi connectivity index (χ2v) is 7.34. The SMILES string of the molecule is C[C@H]1CN(C(=O)[C@@H](O)Cc2ccccc2)Cc2nnc(Cc3ccccc3)n21. The molecule has 1 N–H and O–H groups in total. The fraction of sp³-hybridized carbons (Fsp3) is 0.318. The van der Waals surface area contributed by atoms with Gasteiger partial charge in [-0.05, 0) is 18.1 Å². The number of carbonyl (C=O) groups is 1. The molecule has 0 bridgehead atoms. The van der Waals surface area contributed by atoms with Crippen molar-refractivity contribution in [2.75, 3.05) is 6.54 Å². The Labute approximate surface area is 164 Å². The minimum Gasteiger partial charge on any atom is -0.383 e. The van der Waals surface area contributed by atoms with Gasteiger partial charge in [-0.25, -0.2) is 0 Å². The van der Waals surface area contributed by atoms with E-state index in [-0.39, 0.29) is 11.9 Å². The lowest BCUT2D eigenvalue weighted by Gasteiger charge is -2.33. The van der Waals surface area contributed by atoms with Crippen LogP contribution in [0.15, 0.2) is 60.7 Å². The van der Waals surface area contributed by atoms with Gasteiger partial charge >= 0.3 is 0 Å². The fourth-order valence-corrected chi connectivity index (χ4v) is 3.82. The van der Waals surface area contributed by atoms with Crippen molar-refractivity contribution in [2.45, 2.75) is 38.5 Å². The third kappa shape index (κ3) is 3.82. The van der Waals surface area contributed by atoms with Crippen LogP contribution >= 0.6 is 0 Å². The van der Waals surface area contributed by atoms with Crippen LogP contribution in [0.4, 0.5) is 0 Å². The Morgan fingerprint density at radius 2 is 1.71 bits per heavy atom. The maximum atomic E-state index is 12.8. The number of nitrogens with zero attached hydrogens (tertiary/aromatic N) is 4. The summed E-state index contributed by atoms with van der Waals surface area (Å²) >= 11 is 0. The van der Waals surface area contributed by atoms with Crippen LogP contribution in [0.3, 0.4) is 0 Å². The first-order valence-electron chi connectivity index (χ1n) is 9.59. The lowest BCUT2D eigenvalue weighted by atomic mass is 10.1. The van der Waals surface area contributed by atoms with Crippen molar-refractivity contribution < 1.29 is 9.90 Å². The highest BCUT2D eigenvalue weighted by Crippen LogP contribution is 2.23. The first kappa shape index (κ1) is 18.4. The van der Waals surface area contributed by atoms with Crippen LogP contribution in [-0.4, -0.2) is 43.3 Å². The van der Waals surface area contributed by atoms with Gasteiger partial charge in [-0.1, -0.05) is 60.7 Å². The Morgan fingerprint density at radius 1 is 1.07 bits per heavy atom. The molecule has 1 aromatic heterocycles. The molecule has 28 heavy (non-hydrogen) atoms. The molecule has 3 aromatic rings. The Bertz CT molecular complexity index is 940. The van der Waals surface area contributed by atoms with Gasteiger partial charge in [0.25, 0.3) is 5.91 Å². The summed E-state index contributed by atoms with van der Waals surface area (Å²) in [5.41, 5.74) is 2.13. The van der Waals surface area contributed by atoms with Crippen molar-refractivity contribution in [1.82, 2.24) is 19.7 Å². The zero-order chi connectivity index (χ0) is 19.5. The van der Waals surface area contributed by atoms with E-state index in [1.165, 1.54) is 5.56 Å². The number of aliphatic hydroxyl groups excluding tert-OH is 1. The number of carbonyl (C=O) groups excluding carboxylic acids is 1. The molecule has 1 aliphatic rings. The van der Waals surface area contributed by atoms with Crippen LogP contribution in [0.5, 0.6) is 0 Å². The molecule has 4 rings (SSSR count). The van der Waals surface area contributed by atoms with Crippen LogP contribution in [0.1, 0.15) is 35.7 Å². The van der Waals surface area contributed by atoms with Gasteiger partial charge in [0.05, 0.1) is 12.6 Å². The van der Waals surface area contributed by atoms with Crippen LogP contribution in [0.25, 0.3) is 0 Å². The second-order valence-electron chi connectivity index (χ2n) is 7.34. The minimum absolute atomic E-state index is 0.0605. The summed E-state index contributed by atoms with van der Waals surface area (Å²) in [6, 6.07) is 19.8. The number of amides is 1. The third-order valence-corrected chi connectivity index (χ3v) is 5.17. The summed E-state index contributed by atoms with van der Waals surface area (Å²) in [4.78, 5) is 14.5. The number of rotatable bonds is 5. The van der Waals surface area contributed by atoms with Gasteiger partial charge in [0.1, 0.15) is 11.9 Å². The van der Waals surface area contributed by atoms with Crippen molar-refractivity contribution in [3.8, 4) is 0 Å². The molecule has 6 nitrogen and oxygen atoms in total. The predicted octanol–water partition coefficient (Wildman–Crippen LogP) is 2.38. The molecule has 6 heteroatoms. The topological polar surface area (TPSA) is 71.2 Å². The van der Waals surface area contributed by atoms with E-state index in [0.29, 0.717) is 25.9 Å². The van der Waals surface area contributed by atoms with Crippen molar-refractivity contribution in [3.05, 3.63) is 83.4 Å². The molecule has 0 saturated carbocycles. The van der Waals surface area contributed by atoms with Crippen molar-refractivity contribution >= 4 is 5.91 Å². The standard InChI is InChI=1S/C22H24N4O2/c1-16-14-25(22(28)19(27)12-17-8-4-2-5-9-17)15-21-24-23-20(26(16)21)13-18-10-6-3-7-11-18/h2-11,16,19,27H,12-15H2,1H3/t16-,19-/m0/s1. The van der Waals surface area contributed by atoms with Gasteiger partial charge in [0.2, 0.25) is 0 Å². The van der Waals surface area contributed by atoms with Gasteiger partial charge in [-0.3, -0.25) is 4.79 Å². The minimum atomic E-state index is -1.05. The smallest absolute Gasteiger partial charge is 0.252 e. The zero-order valence-corrected chi connectivity index (χ0v) is 15.9. The van der Waals surface area contributed by atoms with E-state index in [4.69, 9.17) is 0 Å². The van der Waals surface area contributed by atoms with Gasteiger partial charge in [-0.15, -0.1) is 10.2 Å². The molecular formula is C22H24N4O2. The number of aromatic nitrogens is 3. The third-order valence-electron chi connectivity index (χ3n) is 5.17. The number of benzene rings is 2. The van der Waals surface area contributed by atoms with E-state index in [1.807, 2.05) is 48.5 Å². The Hall–Kier alpha value is -2.99. The average molecular weight is 376 g/mol. The maximum absolute atomic E-state index is 12.8. The average Bonchev–Trinajstić information content (AvgIpc) is 3.12. The van der Waals surface area contributed by atoms with E-state index < -0.39 is 6.10 Å². The Balaban J connectivity index is 1.47. The lowest BCUT2D eigenvalue weighted by Crippen LogP contribution is -2.45. The van der Waals surface area contributed by atoms with Crippen molar-refractivity contribution in [3.63, 3.8) is 0 Å². The molecule has 0 saturated heterocycles. The summed E-state index contributed by atoms with van der Waals surface area (Å²) in [6.07, 6.45) is -0.0212. The predicted molar refractivity (Wildman–Crippen MR) is 106 cm³/mol. The number of fused-ring (bicyclic) bond motifs is 1. The quantitative estimate of drug-likeness (QED) is 0.742. The molecule has 1 amide bonds. The normalized spacial score (nSPS) is 17.2. The highest BCUT2D eigenvalue weighted by Gasteiger charge is 2.31. The molecule has 0 radical (unpaired) electrons. The first-order valence-corrected chi connectivity index (χ1v) is 9.59. The van der Waals surface area contributed by atoms with Crippen molar-refractivity contribution in [2.24, 2.45) is 0 Å². The molecule has 2 aromatic carbocycles. The zero-order valence-electron chi connectivity index (χ0n) is 15.9. The monoisotopic (exact) mass is 376 g/mol. The Morgan fingerprint density at radius 3 is 2.39 bits per heavy atom. The molecule has 0 aliphatic carbocycles. The largest absolute Gasteiger partial charge is 0.383 e. The highest BCUT2D eigenvalue weighted by atomic mass is 16.3. The molecular weight excluding hydrogens is 352 g/mol. The van der Waals surface area contributed by atoms with Gasteiger partial charge in [0, 0.05) is 19.4 Å². The molecule has 2 atom stereocenters. The number of hydrogen-bond donors (Lipinski definition) is 1. The van der Waals surface area contributed by atoms with E-state index >= 15 is 0 Å². The fourth-order valence-electron chi connectivity index (χ4n) is 3.82. The van der Waals surface area contributed by atoms with Crippen LogP contribution < -0.4 is 0 Å². The molecule has 0 spiro atoms. The molecule has 144 valence electrons. The summed E-state index contributed by atoms with van der Waals surface area (Å²) < 4.78 is 2.13. The molecule has 2 heterocycles. The number of aliphatic hydroxyl groups is 1. The molecule has 0 fully saturated rings. The van der Waals surface area contributed by atoms with E-state index in [2.05, 4.69) is 33.8 Å². The van der Waals surface area contributed by atoms with Gasteiger partial charge in [0.15, 0.2) is 5.82 Å². The number of hydrogen-bond acceptors (Lipinski definition) is 4. The van der Waals surface area contributed by atoms with Crippen LogP contribution in [-0.2, 0) is 24.2 Å². The Kier molecular flexibility index (Phi) is 5.21. The first-order chi connectivity index (χ1) is 13.6. The summed E-state index contributed by atoms with van der Waals surface area (Å²) in [5.74, 6) is 1.42. The molecule has 1 aliphatic heterocycles.